The number of amides is 2. The first-order chi connectivity index (χ1) is 12.0. The molecule has 134 valence electrons. The minimum atomic E-state index is -0.738. The van der Waals surface area contributed by atoms with Crippen LogP contribution in [0.4, 0.5) is 0 Å². The lowest BCUT2D eigenvalue weighted by Gasteiger charge is -2.22. The second-order valence-electron chi connectivity index (χ2n) is 6.13. The van der Waals surface area contributed by atoms with Gasteiger partial charge in [-0.15, -0.1) is 0 Å². The molecule has 1 saturated carbocycles. The molecule has 0 radical (unpaired) electrons. The first-order valence-corrected chi connectivity index (χ1v) is 8.55. The predicted molar refractivity (Wildman–Crippen MR) is 94.2 cm³/mol. The Morgan fingerprint density at radius 1 is 1.12 bits per heavy atom. The number of ether oxygens (including phenoxy) is 1. The van der Waals surface area contributed by atoms with Gasteiger partial charge in [0, 0.05) is 13.0 Å². The first-order valence-electron chi connectivity index (χ1n) is 8.55. The summed E-state index contributed by atoms with van der Waals surface area (Å²) in [6.07, 6.45) is 6.86. The fourth-order valence-corrected chi connectivity index (χ4v) is 2.78. The van der Waals surface area contributed by atoms with E-state index in [0.29, 0.717) is 0 Å². The number of carbonyl (C=O) groups is 3. The normalized spacial score (nSPS) is 15.3. The maximum atomic E-state index is 12.2. The quantitative estimate of drug-likeness (QED) is 0.612. The van der Waals surface area contributed by atoms with Crippen LogP contribution in [0.15, 0.2) is 36.0 Å². The van der Waals surface area contributed by atoms with Gasteiger partial charge in [-0.2, -0.15) is 0 Å². The molecule has 0 saturated heterocycles. The lowest BCUT2D eigenvalue weighted by Crippen LogP contribution is -2.39. The molecule has 0 unspecified atom stereocenters. The van der Waals surface area contributed by atoms with Crippen molar-refractivity contribution in [3.8, 4) is 0 Å². The molecule has 0 spiro atoms. The van der Waals surface area contributed by atoms with Crippen molar-refractivity contribution in [3.63, 3.8) is 0 Å². The molecule has 0 aliphatic heterocycles. The van der Waals surface area contributed by atoms with E-state index in [1.807, 2.05) is 18.2 Å². The highest BCUT2D eigenvalue weighted by atomic mass is 16.5. The summed E-state index contributed by atoms with van der Waals surface area (Å²) >= 11 is 0. The average Bonchev–Trinajstić information content (AvgIpc) is 2.60. The van der Waals surface area contributed by atoms with Crippen molar-refractivity contribution < 1.29 is 19.1 Å². The third-order valence-corrected chi connectivity index (χ3v) is 3.95. The summed E-state index contributed by atoms with van der Waals surface area (Å²) in [6.45, 7) is 0.947. The monoisotopic (exact) mass is 344 g/mol. The molecule has 0 aromatic heterocycles. The highest BCUT2D eigenvalue weighted by molar-refractivity contribution is 5.98. The Morgan fingerprint density at radius 3 is 2.44 bits per heavy atom. The van der Waals surface area contributed by atoms with E-state index in [1.54, 1.807) is 12.1 Å². The summed E-state index contributed by atoms with van der Waals surface area (Å²) in [4.78, 5) is 35.4. The third-order valence-electron chi connectivity index (χ3n) is 3.95. The Hall–Kier alpha value is -2.63. The highest BCUT2D eigenvalue weighted by Gasteiger charge is 2.18. The van der Waals surface area contributed by atoms with Gasteiger partial charge >= 0.3 is 5.97 Å². The van der Waals surface area contributed by atoms with Crippen molar-refractivity contribution in [2.45, 2.75) is 45.1 Å². The van der Waals surface area contributed by atoms with Crippen LogP contribution in [-0.4, -0.2) is 30.4 Å². The van der Waals surface area contributed by atoms with Crippen LogP contribution in [-0.2, 0) is 19.1 Å². The van der Waals surface area contributed by atoms with Gasteiger partial charge in [0.25, 0.3) is 5.91 Å². The molecule has 25 heavy (non-hydrogen) atoms. The number of hydrogen-bond donors (Lipinski definition) is 2. The molecular weight excluding hydrogens is 320 g/mol. The van der Waals surface area contributed by atoms with E-state index < -0.39 is 5.97 Å². The average molecular weight is 344 g/mol. The summed E-state index contributed by atoms with van der Waals surface area (Å²) in [5.41, 5.74) is 0.749. The second kappa shape index (κ2) is 9.61. The fraction of sp³-hybridized carbons (Fsp3) is 0.421. The molecular formula is C19H24N2O4. The zero-order valence-electron chi connectivity index (χ0n) is 14.4. The van der Waals surface area contributed by atoms with Gasteiger partial charge in [0.05, 0.1) is 0 Å². The molecule has 2 amide bonds. The Kier molecular flexibility index (Phi) is 7.19. The third kappa shape index (κ3) is 6.79. The lowest BCUT2D eigenvalue weighted by atomic mass is 9.95. The van der Waals surface area contributed by atoms with Crippen LogP contribution in [0, 0.1) is 0 Å². The van der Waals surface area contributed by atoms with E-state index in [4.69, 9.17) is 4.74 Å². The summed E-state index contributed by atoms with van der Waals surface area (Å²) in [5, 5.41) is 5.33. The second-order valence-corrected chi connectivity index (χ2v) is 6.13. The van der Waals surface area contributed by atoms with E-state index in [1.165, 1.54) is 19.4 Å². The number of nitrogens with one attached hydrogen (secondary N) is 2. The molecule has 0 heterocycles. The Labute approximate surface area is 147 Å². The minimum Gasteiger partial charge on any atom is -0.451 e. The smallest absolute Gasteiger partial charge is 0.355 e. The molecule has 0 atom stereocenters. The zero-order chi connectivity index (χ0) is 18.1. The number of carbonyl (C=O) groups excluding carboxylic acids is 3. The molecule has 1 fully saturated rings. The number of rotatable bonds is 6. The van der Waals surface area contributed by atoms with Gasteiger partial charge in [0.2, 0.25) is 5.91 Å². The van der Waals surface area contributed by atoms with Gasteiger partial charge in [-0.3, -0.25) is 9.59 Å². The van der Waals surface area contributed by atoms with Crippen LogP contribution >= 0.6 is 0 Å². The van der Waals surface area contributed by atoms with Crippen LogP contribution in [0.1, 0.15) is 44.6 Å². The molecule has 1 aromatic rings. The summed E-state index contributed by atoms with van der Waals surface area (Å²) in [7, 11) is 0. The van der Waals surface area contributed by atoms with Crippen molar-refractivity contribution >= 4 is 23.9 Å². The van der Waals surface area contributed by atoms with Gasteiger partial charge in [-0.05, 0) is 24.5 Å². The Morgan fingerprint density at radius 2 is 1.80 bits per heavy atom. The number of benzene rings is 1. The van der Waals surface area contributed by atoms with Crippen LogP contribution in [0.2, 0.25) is 0 Å². The topological polar surface area (TPSA) is 84.5 Å². The van der Waals surface area contributed by atoms with Gasteiger partial charge in [-0.25, -0.2) is 4.79 Å². The molecule has 0 bridgehead atoms. The van der Waals surface area contributed by atoms with Crippen molar-refractivity contribution in [1.29, 1.82) is 0 Å². The van der Waals surface area contributed by atoms with E-state index >= 15 is 0 Å². The lowest BCUT2D eigenvalue weighted by molar-refractivity contribution is -0.145. The largest absolute Gasteiger partial charge is 0.451 e. The first kappa shape index (κ1) is 18.7. The van der Waals surface area contributed by atoms with E-state index in [9.17, 15) is 14.4 Å². The summed E-state index contributed by atoms with van der Waals surface area (Å²) in [5.74, 6) is -1.44. The van der Waals surface area contributed by atoms with E-state index in [0.717, 1.165) is 31.2 Å². The maximum absolute atomic E-state index is 12.2. The van der Waals surface area contributed by atoms with Crippen LogP contribution in [0.5, 0.6) is 0 Å². The van der Waals surface area contributed by atoms with Crippen LogP contribution in [0.25, 0.3) is 6.08 Å². The Balaban J connectivity index is 1.91. The molecule has 1 aliphatic carbocycles. The molecule has 1 aliphatic rings. The highest BCUT2D eigenvalue weighted by Crippen LogP contribution is 2.17. The SMILES string of the molecule is CC(=O)N/C(=C\c1ccccc1)C(=O)OCC(=O)NC1CCCCC1. The number of esters is 1. The van der Waals surface area contributed by atoms with Gasteiger partial charge in [-0.1, -0.05) is 49.6 Å². The summed E-state index contributed by atoms with van der Waals surface area (Å²) in [6, 6.07) is 9.24. The van der Waals surface area contributed by atoms with Crippen molar-refractivity contribution in [3.05, 3.63) is 41.6 Å². The molecule has 1 aromatic carbocycles. The van der Waals surface area contributed by atoms with Crippen LogP contribution < -0.4 is 10.6 Å². The fourth-order valence-electron chi connectivity index (χ4n) is 2.78. The Bertz CT molecular complexity index is 634. The van der Waals surface area contributed by atoms with Crippen molar-refractivity contribution in [2.24, 2.45) is 0 Å². The minimum absolute atomic E-state index is 0.00386. The molecule has 6 heteroatoms. The summed E-state index contributed by atoms with van der Waals surface area (Å²) < 4.78 is 5.05. The predicted octanol–water partition coefficient (Wildman–Crippen LogP) is 2.16. The molecule has 2 N–H and O–H groups in total. The standard InChI is InChI=1S/C19H24N2O4/c1-14(22)20-17(12-15-8-4-2-5-9-15)19(24)25-13-18(23)21-16-10-6-3-7-11-16/h2,4-5,8-9,12,16H,3,6-7,10-11,13H2,1H3,(H,20,22)(H,21,23)/b17-12-. The van der Waals surface area contributed by atoms with Gasteiger partial charge < -0.3 is 15.4 Å². The van der Waals surface area contributed by atoms with Crippen molar-refractivity contribution in [2.75, 3.05) is 6.61 Å². The number of hydrogen-bond acceptors (Lipinski definition) is 4. The van der Waals surface area contributed by atoms with Gasteiger partial charge in [0.15, 0.2) is 6.61 Å². The van der Waals surface area contributed by atoms with Crippen molar-refractivity contribution in [1.82, 2.24) is 10.6 Å². The van der Waals surface area contributed by atoms with Crippen LogP contribution in [0.3, 0.4) is 0 Å². The van der Waals surface area contributed by atoms with Gasteiger partial charge in [0.1, 0.15) is 5.70 Å². The molecule has 2 rings (SSSR count). The maximum Gasteiger partial charge on any atom is 0.355 e. The zero-order valence-corrected chi connectivity index (χ0v) is 14.4. The van der Waals surface area contributed by atoms with E-state index in [2.05, 4.69) is 10.6 Å². The van der Waals surface area contributed by atoms with E-state index in [-0.39, 0.29) is 30.2 Å². The molecule has 6 nitrogen and oxygen atoms in total.